The predicted molar refractivity (Wildman–Crippen MR) is 104 cm³/mol. The quantitative estimate of drug-likeness (QED) is 0.598. The standard InChI is InChI=1S/C23H25N/c1-16-14-21(17(2)19-10-6-4-7-11-19)23(24)22(15-16)18(3)20-12-8-5-9-13-20/h4-15,17-18H,24H2,1-3H3/t17-,18+. The van der Waals surface area contributed by atoms with Gasteiger partial charge in [-0.2, -0.15) is 0 Å². The second kappa shape index (κ2) is 6.92. The zero-order valence-electron chi connectivity index (χ0n) is 14.7. The zero-order chi connectivity index (χ0) is 17.1. The van der Waals surface area contributed by atoms with E-state index in [2.05, 4.69) is 93.6 Å². The molecule has 24 heavy (non-hydrogen) atoms. The number of aryl methyl sites for hydroxylation is 1. The van der Waals surface area contributed by atoms with Gasteiger partial charge in [-0.05, 0) is 29.2 Å². The van der Waals surface area contributed by atoms with Crippen molar-refractivity contribution in [1.82, 2.24) is 0 Å². The van der Waals surface area contributed by atoms with Gasteiger partial charge in [0.2, 0.25) is 0 Å². The van der Waals surface area contributed by atoms with E-state index in [4.69, 9.17) is 5.73 Å². The van der Waals surface area contributed by atoms with Gasteiger partial charge in [0.15, 0.2) is 0 Å². The average molecular weight is 315 g/mol. The molecule has 122 valence electrons. The second-order valence-corrected chi connectivity index (χ2v) is 6.62. The normalized spacial score (nSPS) is 13.5. The first-order chi connectivity index (χ1) is 11.6. The van der Waals surface area contributed by atoms with Crippen molar-refractivity contribution < 1.29 is 0 Å². The zero-order valence-corrected chi connectivity index (χ0v) is 14.7. The highest BCUT2D eigenvalue weighted by atomic mass is 14.6. The van der Waals surface area contributed by atoms with E-state index in [1.165, 1.54) is 27.8 Å². The van der Waals surface area contributed by atoms with Crippen LogP contribution in [0.4, 0.5) is 5.69 Å². The van der Waals surface area contributed by atoms with Crippen molar-refractivity contribution in [3.63, 3.8) is 0 Å². The number of nitrogens with two attached hydrogens (primary N) is 1. The molecule has 3 aromatic carbocycles. The van der Waals surface area contributed by atoms with Crippen molar-refractivity contribution in [2.75, 3.05) is 5.73 Å². The van der Waals surface area contributed by atoms with Crippen molar-refractivity contribution in [1.29, 1.82) is 0 Å². The van der Waals surface area contributed by atoms with E-state index < -0.39 is 0 Å². The van der Waals surface area contributed by atoms with Crippen molar-refractivity contribution in [3.05, 3.63) is 101 Å². The first-order valence-corrected chi connectivity index (χ1v) is 8.57. The summed E-state index contributed by atoms with van der Waals surface area (Å²) < 4.78 is 0. The van der Waals surface area contributed by atoms with E-state index in [1.807, 2.05) is 0 Å². The lowest BCUT2D eigenvalue weighted by atomic mass is 9.84. The Balaban J connectivity index is 2.05. The van der Waals surface area contributed by atoms with Crippen molar-refractivity contribution >= 4 is 5.69 Å². The molecule has 0 aliphatic heterocycles. The average Bonchev–Trinajstić information content (AvgIpc) is 2.63. The molecule has 0 saturated heterocycles. The maximum Gasteiger partial charge on any atom is 0.0391 e. The second-order valence-electron chi connectivity index (χ2n) is 6.62. The highest BCUT2D eigenvalue weighted by Gasteiger charge is 2.18. The summed E-state index contributed by atoms with van der Waals surface area (Å²) in [5, 5.41) is 0. The van der Waals surface area contributed by atoms with Gasteiger partial charge in [0, 0.05) is 17.5 Å². The van der Waals surface area contributed by atoms with E-state index in [1.54, 1.807) is 0 Å². The molecule has 2 atom stereocenters. The molecule has 0 heterocycles. The molecule has 0 amide bonds. The van der Waals surface area contributed by atoms with E-state index in [0.717, 1.165) is 5.69 Å². The molecule has 1 nitrogen and oxygen atoms in total. The summed E-state index contributed by atoms with van der Waals surface area (Å²) in [5.74, 6) is 0.570. The van der Waals surface area contributed by atoms with Crippen LogP contribution in [0, 0.1) is 6.92 Å². The molecule has 0 aliphatic carbocycles. The fourth-order valence-corrected chi connectivity index (χ4v) is 3.41. The van der Waals surface area contributed by atoms with Crippen LogP contribution in [0.25, 0.3) is 0 Å². The molecule has 0 aromatic heterocycles. The molecular weight excluding hydrogens is 290 g/mol. The van der Waals surface area contributed by atoms with Gasteiger partial charge in [-0.3, -0.25) is 0 Å². The minimum absolute atomic E-state index is 0.285. The largest absolute Gasteiger partial charge is 0.398 e. The van der Waals surface area contributed by atoms with Crippen molar-refractivity contribution in [2.45, 2.75) is 32.6 Å². The Hall–Kier alpha value is -2.54. The fourth-order valence-electron chi connectivity index (χ4n) is 3.41. The minimum atomic E-state index is 0.285. The van der Waals surface area contributed by atoms with Crippen LogP contribution in [-0.4, -0.2) is 0 Å². The first-order valence-electron chi connectivity index (χ1n) is 8.57. The molecule has 0 spiro atoms. The molecule has 3 aromatic rings. The molecule has 0 aliphatic rings. The molecule has 0 saturated carbocycles. The van der Waals surface area contributed by atoms with Crippen LogP contribution in [-0.2, 0) is 0 Å². The van der Waals surface area contributed by atoms with Gasteiger partial charge in [-0.1, -0.05) is 92.2 Å². The van der Waals surface area contributed by atoms with E-state index >= 15 is 0 Å². The summed E-state index contributed by atoms with van der Waals surface area (Å²) in [6.07, 6.45) is 0. The summed E-state index contributed by atoms with van der Waals surface area (Å²) in [7, 11) is 0. The fraction of sp³-hybridized carbons (Fsp3) is 0.217. The van der Waals surface area contributed by atoms with Gasteiger partial charge < -0.3 is 5.73 Å². The molecule has 0 bridgehead atoms. The van der Waals surface area contributed by atoms with Gasteiger partial charge >= 0.3 is 0 Å². The SMILES string of the molecule is Cc1cc([C@H](C)c2ccccc2)c(N)c([C@@H](C)c2ccccc2)c1. The smallest absolute Gasteiger partial charge is 0.0391 e. The highest BCUT2D eigenvalue weighted by Crippen LogP contribution is 2.36. The maximum atomic E-state index is 6.63. The van der Waals surface area contributed by atoms with E-state index in [9.17, 15) is 0 Å². The van der Waals surface area contributed by atoms with Crippen LogP contribution < -0.4 is 5.73 Å². The predicted octanol–water partition coefficient (Wildman–Crippen LogP) is 5.88. The van der Waals surface area contributed by atoms with Gasteiger partial charge in [-0.25, -0.2) is 0 Å². The molecule has 0 unspecified atom stereocenters. The number of nitrogen functional groups attached to an aromatic ring is 1. The van der Waals surface area contributed by atoms with Crippen LogP contribution in [0.15, 0.2) is 72.8 Å². The Bertz CT molecular complexity index is 739. The molecule has 0 radical (unpaired) electrons. The number of hydrogen-bond acceptors (Lipinski definition) is 1. The number of hydrogen-bond donors (Lipinski definition) is 1. The Morgan fingerprint density at radius 1 is 0.667 bits per heavy atom. The highest BCUT2D eigenvalue weighted by molar-refractivity contribution is 5.61. The number of rotatable bonds is 4. The topological polar surface area (TPSA) is 26.0 Å². The molecule has 3 rings (SSSR count). The van der Waals surface area contributed by atoms with Crippen LogP contribution in [0.3, 0.4) is 0 Å². The molecular formula is C23H25N. The third kappa shape index (κ3) is 3.21. The lowest BCUT2D eigenvalue weighted by Crippen LogP contribution is -2.08. The summed E-state index contributed by atoms with van der Waals surface area (Å²) in [5.41, 5.74) is 13.9. The Morgan fingerprint density at radius 2 is 1.04 bits per heavy atom. The third-order valence-electron chi connectivity index (χ3n) is 4.92. The van der Waals surface area contributed by atoms with Gasteiger partial charge in [0.05, 0.1) is 0 Å². The van der Waals surface area contributed by atoms with Gasteiger partial charge in [-0.15, -0.1) is 0 Å². The number of benzene rings is 3. The Kier molecular flexibility index (Phi) is 4.71. The Morgan fingerprint density at radius 3 is 1.42 bits per heavy atom. The molecule has 1 heteroatoms. The maximum absolute atomic E-state index is 6.63. The van der Waals surface area contributed by atoms with Crippen LogP contribution in [0.2, 0.25) is 0 Å². The summed E-state index contributed by atoms with van der Waals surface area (Å²) in [6, 6.07) is 25.6. The van der Waals surface area contributed by atoms with E-state index in [-0.39, 0.29) is 11.8 Å². The van der Waals surface area contributed by atoms with Gasteiger partial charge in [0.1, 0.15) is 0 Å². The third-order valence-corrected chi connectivity index (χ3v) is 4.92. The van der Waals surface area contributed by atoms with Crippen LogP contribution in [0.1, 0.15) is 53.5 Å². The lowest BCUT2D eigenvalue weighted by Gasteiger charge is -2.22. The molecule has 2 N–H and O–H groups in total. The lowest BCUT2D eigenvalue weighted by molar-refractivity contribution is 0.889. The summed E-state index contributed by atoms with van der Waals surface area (Å²) in [4.78, 5) is 0. The van der Waals surface area contributed by atoms with Crippen LogP contribution >= 0.6 is 0 Å². The van der Waals surface area contributed by atoms with Crippen LogP contribution in [0.5, 0.6) is 0 Å². The van der Waals surface area contributed by atoms with E-state index in [0.29, 0.717) is 0 Å². The number of anilines is 1. The van der Waals surface area contributed by atoms with Gasteiger partial charge in [0.25, 0.3) is 0 Å². The van der Waals surface area contributed by atoms with Crippen molar-refractivity contribution in [2.24, 2.45) is 0 Å². The Labute approximate surface area is 145 Å². The van der Waals surface area contributed by atoms with Crippen molar-refractivity contribution in [3.8, 4) is 0 Å². The first kappa shape index (κ1) is 16.3. The monoisotopic (exact) mass is 315 g/mol. The minimum Gasteiger partial charge on any atom is -0.398 e. The summed E-state index contributed by atoms with van der Waals surface area (Å²) in [6.45, 7) is 6.62. The molecule has 0 fully saturated rings. The summed E-state index contributed by atoms with van der Waals surface area (Å²) >= 11 is 0.